The molecule has 0 bridgehead atoms. The summed E-state index contributed by atoms with van der Waals surface area (Å²) in [6.07, 6.45) is 2.08. The van der Waals surface area contributed by atoms with E-state index in [1.165, 1.54) is 4.90 Å². The quantitative estimate of drug-likeness (QED) is 0.809. The molecule has 0 spiro atoms. The van der Waals surface area contributed by atoms with E-state index in [9.17, 15) is 9.59 Å². The monoisotopic (exact) mass is 371 g/mol. The molecule has 1 aromatic heterocycles. The Bertz CT molecular complexity index is 826. The van der Waals surface area contributed by atoms with Crippen LogP contribution in [-0.2, 0) is 11.3 Å². The van der Waals surface area contributed by atoms with Crippen molar-refractivity contribution in [1.29, 1.82) is 0 Å². The molecular weight excluding hydrogens is 350 g/mol. The van der Waals surface area contributed by atoms with Crippen molar-refractivity contribution in [2.45, 2.75) is 13.0 Å². The molecule has 0 aliphatic carbocycles. The topological polar surface area (TPSA) is 101 Å². The molecule has 1 saturated heterocycles. The van der Waals surface area contributed by atoms with E-state index < -0.39 is 11.9 Å². The van der Waals surface area contributed by atoms with Gasteiger partial charge in [0.1, 0.15) is 11.5 Å². The number of aromatic nitrogens is 1. The Balaban J connectivity index is 1.62. The van der Waals surface area contributed by atoms with E-state index in [-0.39, 0.29) is 19.1 Å². The van der Waals surface area contributed by atoms with Gasteiger partial charge in [-0.1, -0.05) is 12.1 Å². The predicted molar refractivity (Wildman–Crippen MR) is 96.9 cm³/mol. The van der Waals surface area contributed by atoms with Crippen LogP contribution in [0, 0.1) is 5.92 Å². The summed E-state index contributed by atoms with van der Waals surface area (Å²) >= 11 is 0. The molecule has 0 saturated carbocycles. The third-order valence-electron chi connectivity index (χ3n) is 4.36. The average molecular weight is 371 g/mol. The number of carboxylic acid groups (broad SMARTS) is 1. The van der Waals surface area contributed by atoms with Gasteiger partial charge in [-0.15, -0.1) is 0 Å². The van der Waals surface area contributed by atoms with Gasteiger partial charge in [-0.2, -0.15) is 0 Å². The van der Waals surface area contributed by atoms with Crippen LogP contribution in [0.2, 0.25) is 0 Å². The molecule has 0 radical (unpaired) electrons. The van der Waals surface area contributed by atoms with E-state index in [2.05, 4.69) is 10.3 Å². The van der Waals surface area contributed by atoms with E-state index in [1.807, 2.05) is 18.2 Å². The fourth-order valence-corrected chi connectivity index (χ4v) is 2.86. The van der Waals surface area contributed by atoms with Gasteiger partial charge in [0.15, 0.2) is 0 Å². The van der Waals surface area contributed by atoms with Crippen molar-refractivity contribution in [3.8, 4) is 17.4 Å². The highest BCUT2D eigenvalue weighted by atomic mass is 16.5. The summed E-state index contributed by atoms with van der Waals surface area (Å²) in [7, 11) is 1.58. The largest absolute Gasteiger partial charge is 0.497 e. The lowest BCUT2D eigenvalue weighted by atomic mass is 10.1. The lowest BCUT2D eigenvalue weighted by Gasteiger charge is -2.17. The molecule has 8 nitrogen and oxygen atoms in total. The molecule has 1 aliphatic heterocycles. The second-order valence-electron chi connectivity index (χ2n) is 6.18. The maximum absolute atomic E-state index is 12.3. The molecule has 142 valence electrons. The van der Waals surface area contributed by atoms with Gasteiger partial charge in [0.2, 0.25) is 5.88 Å². The Morgan fingerprint density at radius 2 is 2.11 bits per heavy atom. The third-order valence-corrected chi connectivity index (χ3v) is 4.36. The fraction of sp³-hybridized carbons (Fsp3) is 0.316. The first-order valence-electron chi connectivity index (χ1n) is 8.58. The number of benzene rings is 1. The van der Waals surface area contributed by atoms with Crippen LogP contribution in [-0.4, -0.2) is 47.2 Å². The molecule has 3 rings (SSSR count). The number of ether oxygens (including phenoxy) is 2. The van der Waals surface area contributed by atoms with Crippen molar-refractivity contribution in [2.75, 3.05) is 20.2 Å². The maximum atomic E-state index is 12.3. The summed E-state index contributed by atoms with van der Waals surface area (Å²) in [6, 6.07) is 10.4. The minimum Gasteiger partial charge on any atom is -0.497 e. The molecule has 1 unspecified atom stereocenters. The Labute approximate surface area is 156 Å². The van der Waals surface area contributed by atoms with E-state index in [0.29, 0.717) is 35.9 Å². The summed E-state index contributed by atoms with van der Waals surface area (Å²) in [5, 5.41) is 11.8. The summed E-state index contributed by atoms with van der Waals surface area (Å²) < 4.78 is 11.0. The van der Waals surface area contributed by atoms with Crippen LogP contribution in [0.25, 0.3) is 0 Å². The smallest absolute Gasteiger partial charge is 0.317 e. The van der Waals surface area contributed by atoms with Gasteiger partial charge in [-0.3, -0.25) is 4.79 Å². The van der Waals surface area contributed by atoms with Gasteiger partial charge in [0.05, 0.1) is 13.0 Å². The summed E-state index contributed by atoms with van der Waals surface area (Å²) in [5.74, 6) is 0.258. The van der Waals surface area contributed by atoms with E-state index in [4.69, 9.17) is 14.6 Å². The summed E-state index contributed by atoms with van der Waals surface area (Å²) in [4.78, 5) is 29.1. The second kappa shape index (κ2) is 8.39. The van der Waals surface area contributed by atoms with Gasteiger partial charge in [0, 0.05) is 37.5 Å². The first-order chi connectivity index (χ1) is 13.1. The molecule has 2 N–H and O–H groups in total. The maximum Gasteiger partial charge on any atom is 0.317 e. The normalized spacial score (nSPS) is 16.0. The molecule has 1 aromatic carbocycles. The highest BCUT2D eigenvalue weighted by molar-refractivity contribution is 5.77. The zero-order valence-electron chi connectivity index (χ0n) is 14.9. The highest BCUT2D eigenvalue weighted by Gasteiger charge is 2.30. The number of carbonyl (C=O) groups excluding carboxylic acids is 1. The number of hydrogen-bond acceptors (Lipinski definition) is 5. The first-order valence-corrected chi connectivity index (χ1v) is 8.58. The molecule has 2 heterocycles. The minimum absolute atomic E-state index is 0.222. The van der Waals surface area contributed by atoms with Gasteiger partial charge >= 0.3 is 12.0 Å². The number of amides is 2. The zero-order chi connectivity index (χ0) is 19.2. The van der Waals surface area contributed by atoms with Gasteiger partial charge < -0.3 is 24.8 Å². The number of nitrogens with zero attached hydrogens (tertiary/aromatic N) is 2. The van der Waals surface area contributed by atoms with Crippen LogP contribution in [0.4, 0.5) is 4.79 Å². The zero-order valence-corrected chi connectivity index (χ0v) is 14.9. The van der Waals surface area contributed by atoms with E-state index in [0.717, 1.165) is 0 Å². The molecule has 1 fully saturated rings. The number of urea groups is 1. The molecule has 1 aliphatic rings. The van der Waals surface area contributed by atoms with Crippen molar-refractivity contribution in [1.82, 2.24) is 15.2 Å². The number of aliphatic carboxylic acids is 1. The average Bonchev–Trinajstić information content (AvgIpc) is 3.18. The van der Waals surface area contributed by atoms with Crippen molar-refractivity contribution < 1.29 is 24.2 Å². The second-order valence-corrected chi connectivity index (χ2v) is 6.18. The molecule has 8 heteroatoms. The standard InChI is InChI=1S/C19H21N3O5/c1-26-15-5-2-6-16(10-15)27-17-13(4-3-8-20-17)11-21-19(25)22-9-7-14(12-22)18(23)24/h2-6,8,10,14H,7,9,11-12H2,1H3,(H,21,25)(H,23,24). The lowest BCUT2D eigenvalue weighted by molar-refractivity contribution is -0.141. The van der Waals surface area contributed by atoms with Gasteiger partial charge in [-0.05, 0) is 24.6 Å². The number of carbonyl (C=O) groups is 2. The third kappa shape index (κ3) is 4.66. The van der Waals surface area contributed by atoms with Crippen molar-refractivity contribution in [2.24, 2.45) is 5.92 Å². The summed E-state index contributed by atoms with van der Waals surface area (Å²) in [5.41, 5.74) is 0.711. The molecule has 1 atom stereocenters. The van der Waals surface area contributed by atoms with Crippen molar-refractivity contribution >= 4 is 12.0 Å². The summed E-state index contributed by atoms with van der Waals surface area (Å²) in [6.45, 7) is 0.880. The number of rotatable bonds is 6. The highest BCUT2D eigenvalue weighted by Crippen LogP contribution is 2.26. The number of pyridine rings is 1. The predicted octanol–water partition coefficient (Wildman–Crippen LogP) is 2.50. The Kier molecular flexibility index (Phi) is 5.75. The number of carboxylic acids is 1. The van der Waals surface area contributed by atoms with E-state index >= 15 is 0 Å². The van der Waals surface area contributed by atoms with Crippen LogP contribution in [0.5, 0.6) is 17.4 Å². The SMILES string of the molecule is COc1cccc(Oc2ncccc2CNC(=O)N2CCC(C(=O)O)C2)c1. The van der Waals surface area contributed by atoms with Crippen LogP contribution < -0.4 is 14.8 Å². The van der Waals surface area contributed by atoms with Crippen LogP contribution in [0.1, 0.15) is 12.0 Å². The molecule has 2 aromatic rings. The molecule has 2 amide bonds. The molecular formula is C19H21N3O5. The minimum atomic E-state index is -0.869. The number of methoxy groups -OCH3 is 1. The van der Waals surface area contributed by atoms with Crippen LogP contribution in [0.3, 0.4) is 0 Å². The van der Waals surface area contributed by atoms with Crippen molar-refractivity contribution in [3.63, 3.8) is 0 Å². The molecule has 27 heavy (non-hydrogen) atoms. The lowest BCUT2D eigenvalue weighted by Crippen LogP contribution is -2.38. The number of likely N-dealkylation sites (tertiary alicyclic amines) is 1. The van der Waals surface area contributed by atoms with Crippen LogP contribution in [0.15, 0.2) is 42.6 Å². The number of nitrogens with one attached hydrogen (secondary N) is 1. The number of hydrogen-bond donors (Lipinski definition) is 2. The first kappa shape index (κ1) is 18.5. The Morgan fingerprint density at radius 1 is 1.30 bits per heavy atom. The van der Waals surface area contributed by atoms with Gasteiger partial charge in [-0.25, -0.2) is 9.78 Å². The Morgan fingerprint density at radius 3 is 2.85 bits per heavy atom. The van der Waals surface area contributed by atoms with E-state index in [1.54, 1.807) is 31.5 Å². The Hall–Kier alpha value is -3.29. The van der Waals surface area contributed by atoms with Crippen LogP contribution >= 0.6 is 0 Å². The van der Waals surface area contributed by atoms with Crippen molar-refractivity contribution in [3.05, 3.63) is 48.2 Å². The fourth-order valence-electron chi connectivity index (χ4n) is 2.86. The van der Waals surface area contributed by atoms with Gasteiger partial charge in [0.25, 0.3) is 0 Å².